The van der Waals surface area contributed by atoms with Crippen molar-refractivity contribution in [3.63, 3.8) is 0 Å². The van der Waals surface area contributed by atoms with Crippen molar-refractivity contribution in [3.05, 3.63) is 71.2 Å². The first kappa shape index (κ1) is 18.4. The predicted molar refractivity (Wildman–Crippen MR) is 112 cm³/mol. The number of thiophene rings is 1. The fourth-order valence-electron chi connectivity index (χ4n) is 2.29. The number of esters is 1. The lowest BCUT2D eigenvalue weighted by molar-refractivity contribution is 0.0602. The second-order valence-electron chi connectivity index (χ2n) is 5.30. The van der Waals surface area contributed by atoms with E-state index in [1.54, 1.807) is 18.2 Å². The van der Waals surface area contributed by atoms with E-state index in [4.69, 9.17) is 28.6 Å². The van der Waals surface area contributed by atoms with Crippen LogP contribution in [0.4, 0.5) is 10.7 Å². The van der Waals surface area contributed by atoms with Crippen LogP contribution < -0.4 is 10.6 Å². The van der Waals surface area contributed by atoms with Crippen LogP contribution in [0.5, 0.6) is 0 Å². The largest absolute Gasteiger partial charge is 0.465 e. The van der Waals surface area contributed by atoms with Crippen LogP contribution in [-0.4, -0.2) is 18.2 Å². The second-order valence-corrected chi connectivity index (χ2v) is 7.19. The topological polar surface area (TPSA) is 50.4 Å². The van der Waals surface area contributed by atoms with Crippen LogP contribution in [0, 0.1) is 0 Å². The van der Waals surface area contributed by atoms with Crippen molar-refractivity contribution in [2.24, 2.45) is 0 Å². The SMILES string of the molecule is COC(=O)c1cc(-c2ccccc2)sc1NC(=S)Nc1ccc(Cl)cc1. The van der Waals surface area contributed by atoms with Crippen LogP contribution in [0.1, 0.15) is 10.4 Å². The molecule has 0 atom stereocenters. The molecule has 0 amide bonds. The molecule has 3 rings (SSSR count). The van der Waals surface area contributed by atoms with E-state index < -0.39 is 5.97 Å². The van der Waals surface area contributed by atoms with E-state index in [2.05, 4.69) is 10.6 Å². The Labute approximate surface area is 165 Å². The monoisotopic (exact) mass is 402 g/mol. The average Bonchev–Trinajstić information content (AvgIpc) is 3.07. The lowest BCUT2D eigenvalue weighted by Crippen LogP contribution is -2.19. The molecule has 4 nitrogen and oxygen atoms in total. The van der Waals surface area contributed by atoms with Gasteiger partial charge in [-0.3, -0.25) is 0 Å². The van der Waals surface area contributed by atoms with Crippen LogP contribution in [0.25, 0.3) is 10.4 Å². The van der Waals surface area contributed by atoms with Gasteiger partial charge < -0.3 is 15.4 Å². The number of benzene rings is 2. The summed E-state index contributed by atoms with van der Waals surface area (Å²) in [5.41, 5.74) is 2.26. The normalized spacial score (nSPS) is 10.2. The summed E-state index contributed by atoms with van der Waals surface area (Å²) in [6.45, 7) is 0. The highest BCUT2D eigenvalue weighted by Gasteiger charge is 2.18. The van der Waals surface area contributed by atoms with E-state index >= 15 is 0 Å². The minimum absolute atomic E-state index is 0.374. The molecular formula is C19H15ClN2O2S2. The molecule has 7 heteroatoms. The lowest BCUT2D eigenvalue weighted by Gasteiger charge is -2.10. The van der Waals surface area contributed by atoms with Crippen molar-refractivity contribution in [1.29, 1.82) is 0 Å². The Hall–Kier alpha value is -2.41. The molecule has 0 aliphatic heterocycles. The number of thiocarbonyl (C=S) groups is 1. The second kappa shape index (κ2) is 8.31. The summed E-state index contributed by atoms with van der Waals surface area (Å²) in [7, 11) is 1.36. The van der Waals surface area contributed by atoms with Gasteiger partial charge in [0.1, 0.15) is 5.00 Å². The summed E-state index contributed by atoms with van der Waals surface area (Å²) in [5.74, 6) is -0.416. The van der Waals surface area contributed by atoms with Crippen LogP contribution >= 0.6 is 35.2 Å². The molecule has 0 saturated heterocycles. The van der Waals surface area contributed by atoms with Crippen molar-refractivity contribution in [2.75, 3.05) is 17.7 Å². The fourth-order valence-corrected chi connectivity index (χ4v) is 3.76. The molecule has 132 valence electrons. The Bertz CT molecular complexity index is 924. The Morgan fingerprint density at radius 1 is 1.08 bits per heavy atom. The van der Waals surface area contributed by atoms with Crippen molar-refractivity contribution in [2.45, 2.75) is 0 Å². The number of ether oxygens (including phenoxy) is 1. The third-order valence-electron chi connectivity index (χ3n) is 3.52. The first-order valence-electron chi connectivity index (χ1n) is 7.68. The van der Waals surface area contributed by atoms with Crippen LogP contribution in [-0.2, 0) is 4.74 Å². The number of halogens is 1. The van der Waals surface area contributed by atoms with Gasteiger partial charge in [-0.05, 0) is 48.1 Å². The standard InChI is InChI=1S/C19H15ClN2O2S2/c1-24-18(23)15-11-16(12-5-3-2-4-6-12)26-17(15)22-19(25)21-14-9-7-13(20)8-10-14/h2-11H,1H3,(H2,21,22,25). The number of nitrogens with one attached hydrogen (secondary N) is 2. The van der Waals surface area contributed by atoms with Crippen LogP contribution in [0.15, 0.2) is 60.7 Å². The van der Waals surface area contributed by atoms with Gasteiger partial charge in [0, 0.05) is 15.6 Å². The summed E-state index contributed by atoms with van der Waals surface area (Å²) in [6.07, 6.45) is 0. The van der Waals surface area contributed by atoms with Gasteiger partial charge in [-0.2, -0.15) is 0 Å². The molecular weight excluding hydrogens is 388 g/mol. The van der Waals surface area contributed by atoms with Crippen LogP contribution in [0.2, 0.25) is 5.02 Å². The zero-order valence-electron chi connectivity index (χ0n) is 13.8. The Kier molecular flexibility index (Phi) is 5.88. The molecule has 0 spiro atoms. The van der Waals surface area contributed by atoms with E-state index in [1.165, 1.54) is 18.4 Å². The zero-order chi connectivity index (χ0) is 18.5. The van der Waals surface area contributed by atoms with Gasteiger partial charge in [0.25, 0.3) is 0 Å². The number of carbonyl (C=O) groups is 1. The predicted octanol–water partition coefficient (Wildman–Crippen LogP) is 5.66. The van der Waals surface area contributed by atoms with E-state index in [0.717, 1.165) is 16.1 Å². The maximum Gasteiger partial charge on any atom is 0.340 e. The van der Waals surface area contributed by atoms with Gasteiger partial charge in [-0.15, -0.1) is 11.3 Å². The molecule has 26 heavy (non-hydrogen) atoms. The number of anilines is 2. The summed E-state index contributed by atoms with van der Waals surface area (Å²) < 4.78 is 4.89. The Morgan fingerprint density at radius 2 is 1.77 bits per heavy atom. The molecule has 0 fully saturated rings. The molecule has 1 aromatic heterocycles. The van der Waals surface area contributed by atoms with Gasteiger partial charge in [-0.1, -0.05) is 41.9 Å². The van der Waals surface area contributed by atoms with E-state index in [1.807, 2.05) is 42.5 Å². The highest BCUT2D eigenvalue weighted by atomic mass is 35.5. The van der Waals surface area contributed by atoms with E-state index in [9.17, 15) is 4.79 Å². The molecule has 2 aromatic carbocycles. The Morgan fingerprint density at radius 3 is 2.42 bits per heavy atom. The van der Waals surface area contributed by atoms with Crippen LogP contribution in [0.3, 0.4) is 0 Å². The molecule has 0 aliphatic rings. The van der Waals surface area contributed by atoms with Crippen molar-refractivity contribution in [3.8, 4) is 10.4 Å². The smallest absolute Gasteiger partial charge is 0.340 e. The van der Waals surface area contributed by atoms with Gasteiger partial charge in [-0.25, -0.2) is 4.79 Å². The quantitative estimate of drug-likeness (QED) is 0.435. The van der Waals surface area contributed by atoms with Crippen molar-refractivity contribution < 1.29 is 9.53 Å². The summed E-state index contributed by atoms with van der Waals surface area (Å²) >= 11 is 12.7. The van der Waals surface area contributed by atoms with Crippen molar-refractivity contribution in [1.82, 2.24) is 0 Å². The number of methoxy groups -OCH3 is 1. The first-order chi connectivity index (χ1) is 12.6. The molecule has 0 aliphatic carbocycles. The highest BCUT2D eigenvalue weighted by molar-refractivity contribution is 7.80. The molecule has 2 N–H and O–H groups in total. The number of hydrogen-bond donors (Lipinski definition) is 2. The minimum atomic E-state index is -0.416. The highest BCUT2D eigenvalue weighted by Crippen LogP contribution is 2.36. The molecule has 1 heterocycles. The fraction of sp³-hybridized carbons (Fsp3) is 0.0526. The Balaban J connectivity index is 1.83. The lowest BCUT2D eigenvalue weighted by atomic mass is 10.1. The zero-order valence-corrected chi connectivity index (χ0v) is 16.2. The first-order valence-corrected chi connectivity index (χ1v) is 9.28. The molecule has 0 bridgehead atoms. The number of hydrogen-bond acceptors (Lipinski definition) is 4. The maximum atomic E-state index is 12.1. The van der Waals surface area contributed by atoms with E-state index in [0.29, 0.717) is 20.7 Å². The van der Waals surface area contributed by atoms with Crippen molar-refractivity contribution >= 4 is 56.9 Å². The molecule has 0 saturated carbocycles. The minimum Gasteiger partial charge on any atom is -0.465 e. The van der Waals surface area contributed by atoms with E-state index in [-0.39, 0.29) is 0 Å². The molecule has 0 unspecified atom stereocenters. The van der Waals surface area contributed by atoms with Gasteiger partial charge >= 0.3 is 5.97 Å². The molecule has 0 radical (unpaired) electrons. The third-order valence-corrected chi connectivity index (χ3v) is 5.08. The van der Waals surface area contributed by atoms with Gasteiger partial charge in [0.05, 0.1) is 12.7 Å². The van der Waals surface area contributed by atoms with Gasteiger partial charge in [0.2, 0.25) is 0 Å². The third kappa shape index (κ3) is 4.40. The number of rotatable bonds is 4. The average molecular weight is 403 g/mol. The van der Waals surface area contributed by atoms with Gasteiger partial charge in [0.15, 0.2) is 5.11 Å². The summed E-state index contributed by atoms with van der Waals surface area (Å²) in [5, 5.41) is 7.80. The number of carbonyl (C=O) groups excluding carboxylic acids is 1. The molecule has 3 aromatic rings. The summed E-state index contributed by atoms with van der Waals surface area (Å²) in [4.78, 5) is 13.1. The maximum absolute atomic E-state index is 12.1. The summed E-state index contributed by atoms with van der Waals surface area (Å²) in [6, 6.07) is 18.8.